The maximum Gasteiger partial charge on any atom is 0.176 e. The Morgan fingerprint density at radius 2 is 2.10 bits per heavy atom. The summed E-state index contributed by atoms with van der Waals surface area (Å²) < 4.78 is 0. The van der Waals surface area contributed by atoms with Gasteiger partial charge in [0.2, 0.25) is 0 Å². The summed E-state index contributed by atoms with van der Waals surface area (Å²) in [7, 11) is 2.00. The summed E-state index contributed by atoms with van der Waals surface area (Å²) in [4.78, 5) is 14.4. The summed E-state index contributed by atoms with van der Waals surface area (Å²) >= 11 is 1.70. The van der Waals surface area contributed by atoms with Gasteiger partial charge in [0.25, 0.3) is 0 Å². The topological polar surface area (TPSA) is 20.3 Å². The summed E-state index contributed by atoms with van der Waals surface area (Å²) in [6.07, 6.45) is 3.52. The summed E-state index contributed by atoms with van der Waals surface area (Å²) in [5, 5.41) is 4.21. The van der Waals surface area contributed by atoms with Crippen LogP contribution in [0.4, 0.5) is 0 Å². The highest BCUT2D eigenvalue weighted by molar-refractivity contribution is 7.07. The molecule has 0 unspecified atom stereocenters. The Hall–Kier alpha value is -1.45. The van der Waals surface area contributed by atoms with Gasteiger partial charge in [-0.25, -0.2) is 0 Å². The number of carbonyl (C=O) groups excluding carboxylic acids is 1. The fraction of sp³-hybridized carbons (Fsp3) is 0.353. The van der Waals surface area contributed by atoms with Crippen molar-refractivity contribution in [3.05, 3.63) is 57.3 Å². The van der Waals surface area contributed by atoms with Crippen LogP contribution in [0.3, 0.4) is 0 Å². The molecule has 1 aromatic carbocycles. The van der Waals surface area contributed by atoms with Crippen LogP contribution < -0.4 is 0 Å². The van der Waals surface area contributed by atoms with E-state index in [2.05, 4.69) is 33.9 Å². The van der Waals surface area contributed by atoms with Crippen LogP contribution in [0.15, 0.2) is 35.0 Å². The first-order valence-corrected chi connectivity index (χ1v) is 8.01. The van der Waals surface area contributed by atoms with Gasteiger partial charge in [0.1, 0.15) is 0 Å². The van der Waals surface area contributed by atoms with Crippen LogP contribution in [-0.4, -0.2) is 24.3 Å². The molecular weight excluding hydrogens is 266 g/mol. The number of hydrogen-bond donors (Lipinski definition) is 0. The molecule has 3 rings (SSSR count). The minimum atomic E-state index is 0.220. The zero-order chi connectivity index (χ0) is 13.9. The zero-order valence-electron chi connectivity index (χ0n) is 11.8. The molecule has 2 nitrogen and oxygen atoms in total. The van der Waals surface area contributed by atoms with E-state index in [0.29, 0.717) is 6.54 Å². The number of thiophene rings is 1. The van der Waals surface area contributed by atoms with Gasteiger partial charge in [0, 0.05) is 12.1 Å². The molecule has 0 N–H and O–H groups in total. The van der Waals surface area contributed by atoms with Gasteiger partial charge in [-0.15, -0.1) is 0 Å². The lowest BCUT2D eigenvalue weighted by Gasteiger charge is -2.15. The van der Waals surface area contributed by atoms with Crippen molar-refractivity contribution in [3.63, 3.8) is 0 Å². The Bertz CT molecular complexity index is 603. The van der Waals surface area contributed by atoms with E-state index in [-0.39, 0.29) is 5.78 Å². The van der Waals surface area contributed by atoms with Crippen molar-refractivity contribution in [2.24, 2.45) is 0 Å². The number of likely N-dealkylation sites (N-methyl/N-ethyl adjacent to an activating group) is 1. The summed E-state index contributed by atoms with van der Waals surface area (Å²) in [6, 6.07) is 8.34. The summed E-state index contributed by atoms with van der Waals surface area (Å²) in [6.45, 7) is 1.31. The molecule has 0 spiro atoms. The highest BCUT2D eigenvalue weighted by atomic mass is 32.1. The van der Waals surface area contributed by atoms with Crippen molar-refractivity contribution in [3.8, 4) is 0 Å². The monoisotopic (exact) mass is 285 g/mol. The highest BCUT2D eigenvalue weighted by Crippen LogP contribution is 2.23. The molecule has 2 aromatic rings. The fourth-order valence-electron chi connectivity index (χ4n) is 2.83. The maximum absolute atomic E-state index is 12.3. The van der Waals surface area contributed by atoms with Gasteiger partial charge >= 0.3 is 0 Å². The maximum atomic E-state index is 12.3. The number of ketones is 1. The Kier molecular flexibility index (Phi) is 3.99. The third-order valence-corrected chi connectivity index (χ3v) is 4.60. The Balaban J connectivity index is 1.64. The first-order chi connectivity index (χ1) is 9.72. The molecule has 1 heterocycles. The van der Waals surface area contributed by atoms with Gasteiger partial charge in [-0.3, -0.25) is 9.69 Å². The SMILES string of the molecule is CN(CC(=O)c1ccc2c(c1)CCC2)Cc1ccsc1. The number of fused-ring (bicyclic) bond motifs is 1. The Morgan fingerprint density at radius 3 is 2.90 bits per heavy atom. The van der Waals surface area contributed by atoms with Crippen LogP contribution in [0.2, 0.25) is 0 Å². The highest BCUT2D eigenvalue weighted by Gasteiger charge is 2.15. The number of rotatable bonds is 5. The second kappa shape index (κ2) is 5.90. The minimum absolute atomic E-state index is 0.220. The van der Waals surface area contributed by atoms with E-state index in [4.69, 9.17) is 0 Å². The molecule has 0 amide bonds. The molecule has 0 bridgehead atoms. The van der Waals surface area contributed by atoms with Crippen LogP contribution in [0, 0.1) is 0 Å². The lowest BCUT2D eigenvalue weighted by molar-refractivity contribution is 0.0943. The van der Waals surface area contributed by atoms with E-state index in [9.17, 15) is 4.79 Å². The van der Waals surface area contributed by atoms with Gasteiger partial charge in [0.05, 0.1) is 6.54 Å². The molecule has 0 radical (unpaired) electrons. The third-order valence-electron chi connectivity index (χ3n) is 3.87. The second-order valence-electron chi connectivity index (χ2n) is 5.56. The standard InChI is InChI=1S/C17H19NOS/c1-18(10-13-7-8-20-12-13)11-17(19)16-6-5-14-3-2-4-15(14)9-16/h5-9,12H,2-4,10-11H2,1H3. The van der Waals surface area contributed by atoms with E-state index < -0.39 is 0 Å². The first kappa shape index (κ1) is 13.5. The van der Waals surface area contributed by atoms with Crippen molar-refractivity contribution in [2.75, 3.05) is 13.6 Å². The van der Waals surface area contributed by atoms with E-state index >= 15 is 0 Å². The van der Waals surface area contributed by atoms with Crippen LogP contribution in [0.5, 0.6) is 0 Å². The molecule has 20 heavy (non-hydrogen) atoms. The zero-order valence-corrected chi connectivity index (χ0v) is 12.6. The van der Waals surface area contributed by atoms with Gasteiger partial charge < -0.3 is 0 Å². The predicted octanol–water partition coefficient (Wildman–Crippen LogP) is 3.55. The first-order valence-electron chi connectivity index (χ1n) is 7.07. The molecule has 0 saturated heterocycles. The van der Waals surface area contributed by atoms with E-state index in [0.717, 1.165) is 18.5 Å². The largest absolute Gasteiger partial charge is 0.295 e. The molecule has 104 valence electrons. The van der Waals surface area contributed by atoms with Crippen LogP contribution >= 0.6 is 11.3 Å². The third kappa shape index (κ3) is 3.00. The number of carbonyl (C=O) groups is 1. The van der Waals surface area contributed by atoms with Gasteiger partial charge in [-0.1, -0.05) is 12.1 Å². The lowest BCUT2D eigenvalue weighted by atomic mass is 10.0. The minimum Gasteiger partial charge on any atom is -0.295 e. The van der Waals surface area contributed by atoms with Crippen molar-refractivity contribution in [2.45, 2.75) is 25.8 Å². The molecule has 0 aliphatic heterocycles. The van der Waals surface area contributed by atoms with E-state index in [1.165, 1.54) is 29.5 Å². The Morgan fingerprint density at radius 1 is 1.25 bits per heavy atom. The molecular formula is C17H19NOS. The van der Waals surface area contributed by atoms with Crippen molar-refractivity contribution in [1.82, 2.24) is 4.90 Å². The smallest absolute Gasteiger partial charge is 0.176 e. The number of nitrogens with zero attached hydrogens (tertiary/aromatic N) is 1. The lowest BCUT2D eigenvalue weighted by Crippen LogP contribution is -2.25. The molecule has 0 fully saturated rings. The molecule has 3 heteroatoms. The molecule has 0 saturated carbocycles. The van der Waals surface area contributed by atoms with Crippen molar-refractivity contribution >= 4 is 17.1 Å². The van der Waals surface area contributed by atoms with E-state index in [1.54, 1.807) is 11.3 Å². The summed E-state index contributed by atoms with van der Waals surface area (Å²) in [5.74, 6) is 0.220. The van der Waals surface area contributed by atoms with Crippen LogP contribution in [0.1, 0.15) is 33.5 Å². The average Bonchev–Trinajstić information content (AvgIpc) is 3.07. The molecule has 1 aliphatic carbocycles. The number of benzene rings is 1. The second-order valence-corrected chi connectivity index (χ2v) is 6.34. The normalized spacial score (nSPS) is 13.7. The number of hydrogen-bond acceptors (Lipinski definition) is 3. The molecule has 1 aromatic heterocycles. The molecule has 1 aliphatic rings. The fourth-order valence-corrected chi connectivity index (χ4v) is 3.49. The van der Waals surface area contributed by atoms with Crippen LogP contribution in [-0.2, 0) is 19.4 Å². The average molecular weight is 285 g/mol. The van der Waals surface area contributed by atoms with Gasteiger partial charge in [0.15, 0.2) is 5.78 Å². The predicted molar refractivity (Wildman–Crippen MR) is 83.5 cm³/mol. The van der Waals surface area contributed by atoms with Gasteiger partial charge in [-0.05, 0) is 65.9 Å². The van der Waals surface area contributed by atoms with Crippen molar-refractivity contribution in [1.29, 1.82) is 0 Å². The van der Waals surface area contributed by atoms with Crippen molar-refractivity contribution < 1.29 is 4.79 Å². The quantitative estimate of drug-likeness (QED) is 0.783. The van der Waals surface area contributed by atoms with E-state index in [1.807, 2.05) is 13.1 Å². The summed E-state index contributed by atoms with van der Waals surface area (Å²) in [5.41, 5.74) is 4.94. The van der Waals surface area contributed by atoms with Crippen LogP contribution in [0.25, 0.3) is 0 Å². The molecule has 0 atom stereocenters. The van der Waals surface area contributed by atoms with Gasteiger partial charge in [-0.2, -0.15) is 11.3 Å². The number of Topliss-reactive ketones (excluding diaryl/α,β-unsaturated/α-hetero) is 1. The number of aryl methyl sites for hydroxylation is 2. The Labute approximate surface area is 124 Å².